The van der Waals surface area contributed by atoms with Crippen molar-refractivity contribution in [3.8, 4) is 0 Å². The van der Waals surface area contributed by atoms with E-state index in [2.05, 4.69) is 41.2 Å². The van der Waals surface area contributed by atoms with Gasteiger partial charge >= 0.3 is 5.97 Å². The molecule has 1 aliphatic heterocycles. The lowest BCUT2D eigenvalue weighted by atomic mass is 10.1. The summed E-state index contributed by atoms with van der Waals surface area (Å²) in [5.41, 5.74) is 6.46. The number of nitrogens with two attached hydrogens (primary N) is 1. The molecule has 292 valence electrons. The number of nitrogens with zero attached hydrogens (tertiary/aromatic N) is 4. The summed E-state index contributed by atoms with van der Waals surface area (Å²) in [7, 11) is 0. The Labute approximate surface area is 313 Å². The first-order valence-corrected chi connectivity index (χ1v) is 17.7. The van der Waals surface area contributed by atoms with Crippen molar-refractivity contribution >= 4 is 58.3 Å². The van der Waals surface area contributed by atoms with Gasteiger partial charge in [-0.2, -0.15) is 4.98 Å². The molecule has 0 bridgehead atoms. The van der Waals surface area contributed by atoms with Gasteiger partial charge in [-0.1, -0.05) is 0 Å². The van der Waals surface area contributed by atoms with Crippen molar-refractivity contribution in [3.05, 3.63) is 64.2 Å². The highest BCUT2D eigenvalue weighted by atomic mass is 16.7. The van der Waals surface area contributed by atoms with Crippen LogP contribution in [-0.4, -0.2) is 110 Å². The van der Waals surface area contributed by atoms with Crippen LogP contribution in [0, 0.1) is 0 Å². The van der Waals surface area contributed by atoms with Crippen molar-refractivity contribution in [1.82, 2.24) is 40.8 Å². The summed E-state index contributed by atoms with van der Waals surface area (Å²) in [6.07, 6.45) is 6.48. The van der Waals surface area contributed by atoms with Crippen LogP contribution in [0.1, 0.15) is 61.0 Å². The summed E-state index contributed by atoms with van der Waals surface area (Å²) < 4.78 is 12.0. The molecule has 3 aromatic rings. The van der Waals surface area contributed by atoms with E-state index in [1.165, 1.54) is 18.3 Å². The van der Waals surface area contributed by atoms with Gasteiger partial charge < -0.3 is 41.6 Å². The molecule has 20 heteroatoms. The van der Waals surface area contributed by atoms with Crippen LogP contribution in [0.5, 0.6) is 0 Å². The lowest BCUT2D eigenvalue weighted by molar-refractivity contribution is -0.230. The number of benzene rings is 1. The number of H-pyrrole nitrogens is 1. The molecule has 1 aliphatic carbocycles. The zero-order chi connectivity index (χ0) is 39.4. The number of fused-ring (bicyclic) bond motifs is 1. The summed E-state index contributed by atoms with van der Waals surface area (Å²) >= 11 is 0. The SMILES string of the molecule is Nc1nc2ncc(CNc3ccc(C(=O)N[C@@H](CCC(=O)NCCOC4(OCCNC(=O)CCN5C(=O)C=CC5=O)CCCC4)C(=O)O)cc3)nc2c(=O)[nH]1. The summed E-state index contributed by atoms with van der Waals surface area (Å²) in [6.45, 7) is 0.852. The standard InChI is InChI=1S/C35H42N10O10/c36-34-43-30-29(32(51)44-34)41-23(20-40-30)19-39-22-5-3-21(4-6-22)31(50)42-24(33(52)53)7-8-25(46)37-14-17-54-35(12-1-2-13-35)55-18-15-38-26(47)11-16-45-27(48)9-10-28(45)49/h3-6,9-10,20,24,39H,1-2,7-8,11-19H2,(H,37,46)(H,38,47)(H,42,50)(H,52,53)(H3,36,40,43,44,51)/t24-/m0/s1. The number of nitrogens with one attached hydrogen (secondary N) is 5. The zero-order valence-electron chi connectivity index (χ0n) is 29.8. The first-order chi connectivity index (χ1) is 26.4. The number of ether oxygens (including phenoxy) is 2. The van der Waals surface area contributed by atoms with Crippen LogP contribution in [0.2, 0.25) is 0 Å². The maximum Gasteiger partial charge on any atom is 0.326 e. The second-order valence-corrected chi connectivity index (χ2v) is 12.7. The Morgan fingerprint density at radius 1 is 0.927 bits per heavy atom. The van der Waals surface area contributed by atoms with Gasteiger partial charge in [-0.15, -0.1) is 0 Å². The van der Waals surface area contributed by atoms with E-state index in [9.17, 15) is 38.7 Å². The molecule has 1 atom stereocenters. The first kappa shape index (κ1) is 39.9. The summed E-state index contributed by atoms with van der Waals surface area (Å²) in [5.74, 6) is -4.48. The minimum Gasteiger partial charge on any atom is -0.480 e. The minimum atomic E-state index is -1.32. The van der Waals surface area contributed by atoms with Crippen LogP contribution in [0.3, 0.4) is 0 Å². The number of carbonyl (C=O) groups is 6. The van der Waals surface area contributed by atoms with E-state index in [1.807, 2.05) is 0 Å². The number of hydrogen-bond acceptors (Lipinski definition) is 14. The second-order valence-electron chi connectivity index (χ2n) is 12.7. The molecule has 0 spiro atoms. The monoisotopic (exact) mass is 762 g/mol. The molecular formula is C35H42N10O10. The van der Waals surface area contributed by atoms with Crippen LogP contribution >= 0.6 is 0 Å². The average molecular weight is 763 g/mol. The minimum absolute atomic E-state index is 0.0101. The van der Waals surface area contributed by atoms with Gasteiger partial charge in [0.15, 0.2) is 17.0 Å². The van der Waals surface area contributed by atoms with Crippen molar-refractivity contribution < 1.29 is 43.3 Å². The Morgan fingerprint density at radius 2 is 1.56 bits per heavy atom. The lowest BCUT2D eigenvalue weighted by Crippen LogP contribution is -2.42. The third-order valence-electron chi connectivity index (χ3n) is 8.78. The number of aromatic amines is 1. The number of carbonyl (C=O) groups excluding carboxylic acids is 5. The normalized spacial score (nSPS) is 15.2. The number of carboxylic acid groups (broad SMARTS) is 1. The van der Waals surface area contributed by atoms with Gasteiger partial charge in [-0.05, 0) is 43.5 Å². The van der Waals surface area contributed by atoms with Crippen molar-refractivity contribution in [2.75, 3.05) is 43.9 Å². The zero-order valence-corrected chi connectivity index (χ0v) is 29.8. The topological polar surface area (TPSA) is 290 Å². The highest BCUT2D eigenvalue weighted by molar-refractivity contribution is 6.13. The number of aromatic nitrogens is 4. The van der Waals surface area contributed by atoms with E-state index in [0.29, 0.717) is 24.2 Å². The van der Waals surface area contributed by atoms with Crippen molar-refractivity contribution in [2.45, 2.75) is 63.3 Å². The predicted molar refractivity (Wildman–Crippen MR) is 194 cm³/mol. The maximum absolute atomic E-state index is 12.8. The van der Waals surface area contributed by atoms with Gasteiger partial charge in [0.1, 0.15) is 6.04 Å². The average Bonchev–Trinajstić information content (AvgIpc) is 3.77. The van der Waals surface area contributed by atoms with Crippen LogP contribution in [0.25, 0.3) is 11.2 Å². The fraction of sp³-hybridized carbons (Fsp3) is 0.429. The Bertz CT molecular complexity index is 1980. The number of hydrogen-bond donors (Lipinski definition) is 7. The van der Waals surface area contributed by atoms with Gasteiger partial charge in [0.05, 0.1) is 31.6 Å². The molecule has 55 heavy (non-hydrogen) atoms. The number of aliphatic carboxylic acids is 1. The molecule has 1 aromatic carbocycles. The molecule has 8 N–H and O–H groups in total. The van der Waals surface area contributed by atoms with Gasteiger partial charge in [-0.25, -0.2) is 14.8 Å². The van der Waals surface area contributed by atoms with Crippen LogP contribution in [-0.2, 0) is 40.0 Å². The molecule has 1 fully saturated rings. The molecule has 1 saturated carbocycles. The fourth-order valence-electron chi connectivity index (χ4n) is 5.90. The Kier molecular flexibility index (Phi) is 13.5. The van der Waals surface area contributed by atoms with Crippen LogP contribution < -0.4 is 32.6 Å². The number of amides is 5. The van der Waals surface area contributed by atoms with E-state index in [0.717, 1.165) is 29.9 Å². The van der Waals surface area contributed by atoms with E-state index in [-0.39, 0.29) is 87.2 Å². The lowest BCUT2D eigenvalue weighted by Gasteiger charge is -2.29. The number of anilines is 2. The molecule has 0 unspecified atom stereocenters. The van der Waals surface area contributed by atoms with Gasteiger partial charge in [0.2, 0.25) is 17.8 Å². The third kappa shape index (κ3) is 11.4. The highest BCUT2D eigenvalue weighted by Crippen LogP contribution is 2.34. The van der Waals surface area contributed by atoms with Gasteiger partial charge in [-0.3, -0.25) is 38.7 Å². The molecule has 20 nitrogen and oxygen atoms in total. The quantitative estimate of drug-likeness (QED) is 0.0443. The summed E-state index contributed by atoms with van der Waals surface area (Å²) in [5, 5.41) is 20.6. The Balaban J connectivity index is 0.977. The predicted octanol–water partition coefficient (Wildman–Crippen LogP) is -0.278. The van der Waals surface area contributed by atoms with E-state index in [1.54, 1.807) is 12.1 Å². The molecule has 5 rings (SSSR count). The molecule has 0 radical (unpaired) electrons. The third-order valence-corrected chi connectivity index (χ3v) is 8.78. The van der Waals surface area contributed by atoms with Gasteiger partial charge in [0.25, 0.3) is 23.3 Å². The molecule has 0 saturated heterocycles. The van der Waals surface area contributed by atoms with Crippen LogP contribution in [0.15, 0.2) is 47.4 Å². The largest absolute Gasteiger partial charge is 0.480 e. The Morgan fingerprint density at radius 3 is 2.20 bits per heavy atom. The highest BCUT2D eigenvalue weighted by Gasteiger charge is 2.36. The van der Waals surface area contributed by atoms with E-state index < -0.39 is 47.0 Å². The molecule has 2 aliphatic rings. The Hall–Kier alpha value is -6.28. The number of rotatable bonds is 20. The van der Waals surface area contributed by atoms with Gasteiger partial charge in [0, 0.05) is 68.7 Å². The molecular weight excluding hydrogens is 720 g/mol. The van der Waals surface area contributed by atoms with Crippen molar-refractivity contribution in [3.63, 3.8) is 0 Å². The fourth-order valence-corrected chi connectivity index (χ4v) is 5.90. The smallest absolute Gasteiger partial charge is 0.326 e. The van der Waals surface area contributed by atoms with Crippen molar-refractivity contribution in [1.29, 1.82) is 0 Å². The van der Waals surface area contributed by atoms with E-state index in [4.69, 9.17) is 15.2 Å². The maximum atomic E-state index is 12.8. The molecule has 5 amide bonds. The number of nitrogen functional groups attached to an aromatic ring is 1. The first-order valence-electron chi connectivity index (χ1n) is 17.7. The molecule has 2 aromatic heterocycles. The summed E-state index contributed by atoms with van der Waals surface area (Å²) in [6, 6.07) is 4.94. The van der Waals surface area contributed by atoms with Crippen molar-refractivity contribution in [2.24, 2.45) is 0 Å². The summed E-state index contributed by atoms with van der Waals surface area (Å²) in [4.78, 5) is 100. The van der Waals surface area contributed by atoms with E-state index >= 15 is 0 Å². The number of imide groups is 1. The molecule has 3 heterocycles. The number of carboxylic acids is 1. The second kappa shape index (κ2) is 18.7. The van der Waals surface area contributed by atoms with Crippen LogP contribution in [0.4, 0.5) is 11.6 Å².